The van der Waals surface area contributed by atoms with Crippen molar-refractivity contribution in [3.8, 4) is 17.2 Å². The van der Waals surface area contributed by atoms with Crippen LogP contribution < -0.4 is 19.5 Å². The highest BCUT2D eigenvalue weighted by Gasteiger charge is 2.17. The lowest BCUT2D eigenvalue weighted by atomic mass is 10.1. The van der Waals surface area contributed by atoms with E-state index in [1.54, 1.807) is 12.1 Å². The van der Waals surface area contributed by atoms with Crippen LogP contribution in [-0.4, -0.2) is 27.2 Å². The standard InChI is InChI=1S/C17H18INO4/c1-10-5-6-12(9-13(10)18)19-17(20)11-7-14(21-2)16(23-4)15(8-11)22-3/h5-9H,1-4H3,(H,19,20). The molecule has 0 spiro atoms. The Morgan fingerprint density at radius 1 is 1.00 bits per heavy atom. The molecular weight excluding hydrogens is 409 g/mol. The highest BCUT2D eigenvalue weighted by Crippen LogP contribution is 2.38. The molecule has 0 saturated carbocycles. The zero-order chi connectivity index (χ0) is 17.0. The molecule has 0 atom stereocenters. The van der Waals surface area contributed by atoms with Crippen LogP contribution in [0.5, 0.6) is 17.2 Å². The van der Waals surface area contributed by atoms with Crippen molar-refractivity contribution in [1.82, 2.24) is 0 Å². The molecule has 0 saturated heterocycles. The number of anilines is 1. The number of carbonyl (C=O) groups excluding carboxylic acids is 1. The lowest BCUT2D eigenvalue weighted by molar-refractivity contribution is 0.102. The largest absolute Gasteiger partial charge is 0.493 e. The summed E-state index contributed by atoms with van der Waals surface area (Å²) < 4.78 is 16.9. The van der Waals surface area contributed by atoms with Gasteiger partial charge in [-0.25, -0.2) is 0 Å². The molecule has 0 aromatic heterocycles. The van der Waals surface area contributed by atoms with Crippen molar-refractivity contribution in [1.29, 1.82) is 0 Å². The van der Waals surface area contributed by atoms with E-state index >= 15 is 0 Å². The van der Waals surface area contributed by atoms with Crippen LogP contribution in [0.25, 0.3) is 0 Å². The normalized spacial score (nSPS) is 10.1. The van der Waals surface area contributed by atoms with Gasteiger partial charge in [-0.1, -0.05) is 6.07 Å². The van der Waals surface area contributed by atoms with Crippen LogP contribution in [0.4, 0.5) is 5.69 Å². The predicted octanol–water partition coefficient (Wildman–Crippen LogP) is 3.88. The maximum atomic E-state index is 12.5. The minimum absolute atomic E-state index is 0.246. The van der Waals surface area contributed by atoms with Gasteiger partial charge in [0.1, 0.15) is 0 Å². The van der Waals surface area contributed by atoms with Gasteiger partial charge >= 0.3 is 0 Å². The first-order chi connectivity index (χ1) is 11.0. The number of benzene rings is 2. The van der Waals surface area contributed by atoms with Crippen LogP contribution in [0.2, 0.25) is 0 Å². The van der Waals surface area contributed by atoms with Crippen LogP contribution in [0.1, 0.15) is 15.9 Å². The first-order valence-corrected chi connectivity index (χ1v) is 7.95. The summed E-state index contributed by atoms with van der Waals surface area (Å²) in [7, 11) is 4.55. The second kappa shape index (κ2) is 7.54. The smallest absolute Gasteiger partial charge is 0.255 e. The van der Waals surface area contributed by atoms with Crippen molar-refractivity contribution in [2.24, 2.45) is 0 Å². The van der Waals surface area contributed by atoms with Crippen LogP contribution in [-0.2, 0) is 0 Å². The molecule has 0 bridgehead atoms. The number of methoxy groups -OCH3 is 3. The third-order valence-corrected chi connectivity index (χ3v) is 4.52. The maximum Gasteiger partial charge on any atom is 0.255 e. The van der Waals surface area contributed by atoms with Crippen molar-refractivity contribution in [2.45, 2.75) is 6.92 Å². The van der Waals surface area contributed by atoms with Crippen molar-refractivity contribution in [2.75, 3.05) is 26.6 Å². The predicted molar refractivity (Wildman–Crippen MR) is 97.9 cm³/mol. The number of ether oxygens (including phenoxy) is 3. The molecule has 2 rings (SSSR count). The van der Waals surface area contributed by atoms with Gasteiger partial charge in [0.05, 0.1) is 21.3 Å². The molecule has 0 unspecified atom stereocenters. The van der Waals surface area contributed by atoms with Gasteiger partial charge in [-0.05, 0) is 59.3 Å². The second-order valence-corrected chi connectivity index (χ2v) is 5.99. The average molecular weight is 427 g/mol. The van der Waals surface area contributed by atoms with Gasteiger partial charge in [0.25, 0.3) is 5.91 Å². The van der Waals surface area contributed by atoms with Crippen LogP contribution in [0.3, 0.4) is 0 Å². The van der Waals surface area contributed by atoms with Crippen LogP contribution in [0.15, 0.2) is 30.3 Å². The number of hydrogen-bond donors (Lipinski definition) is 1. The van der Waals surface area contributed by atoms with E-state index < -0.39 is 0 Å². The van der Waals surface area contributed by atoms with Crippen molar-refractivity contribution in [3.05, 3.63) is 45.0 Å². The quantitative estimate of drug-likeness (QED) is 0.737. The van der Waals surface area contributed by atoms with Gasteiger partial charge in [0, 0.05) is 14.8 Å². The fourth-order valence-electron chi connectivity index (χ4n) is 2.09. The van der Waals surface area contributed by atoms with Crippen LogP contribution >= 0.6 is 22.6 Å². The molecule has 1 amide bonds. The third-order valence-electron chi connectivity index (χ3n) is 3.36. The molecule has 0 fully saturated rings. The van der Waals surface area contributed by atoms with Gasteiger partial charge in [-0.3, -0.25) is 4.79 Å². The summed E-state index contributed by atoms with van der Waals surface area (Å²) in [5, 5.41) is 2.87. The molecule has 23 heavy (non-hydrogen) atoms. The van der Waals surface area contributed by atoms with Crippen molar-refractivity contribution in [3.63, 3.8) is 0 Å². The lowest BCUT2D eigenvalue weighted by Crippen LogP contribution is -2.12. The minimum Gasteiger partial charge on any atom is -0.493 e. The van der Waals surface area contributed by atoms with Gasteiger partial charge < -0.3 is 19.5 Å². The van der Waals surface area contributed by atoms with E-state index in [1.165, 1.54) is 21.3 Å². The SMILES string of the molecule is COc1cc(C(=O)Nc2ccc(C)c(I)c2)cc(OC)c1OC. The fourth-order valence-corrected chi connectivity index (χ4v) is 2.60. The number of amides is 1. The highest BCUT2D eigenvalue weighted by molar-refractivity contribution is 14.1. The van der Waals surface area contributed by atoms with E-state index in [0.717, 1.165) is 14.8 Å². The summed E-state index contributed by atoms with van der Waals surface area (Å²) in [6.45, 7) is 2.02. The molecular formula is C17H18INO4. The molecule has 6 heteroatoms. The number of halogens is 1. The number of carbonyl (C=O) groups is 1. The molecule has 1 N–H and O–H groups in total. The van der Waals surface area contributed by atoms with E-state index in [0.29, 0.717) is 22.8 Å². The Morgan fingerprint density at radius 3 is 2.09 bits per heavy atom. The van der Waals surface area contributed by atoms with Gasteiger partial charge in [0.15, 0.2) is 11.5 Å². The summed E-state index contributed by atoms with van der Waals surface area (Å²) in [5.41, 5.74) is 2.32. The fraction of sp³-hybridized carbons (Fsp3) is 0.235. The Labute approximate surface area is 149 Å². The Kier molecular flexibility index (Phi) is 5.70. The highest BCUT2D eigenvalue weighted by atomic mass is 127. The average Bonchev–Trinajstić information content (AvgIpc) is 2.56. The Morgan fingerprint density at radius 2 is 1.61 bits per heavy atom. The topological polar surface area (TPSA) is 56.8 Å². The molecule has 0 aliphatic heterocycles. The summed E-state index contributed by atoms with van der Waals surface area (Å²) in [6, 6.07) is 9.00. The summed E-state index contributed by atoms with van der Waals surface area (Å²) in [4.78, 5) is 12.5. The molecule has 0 aliphatic carbocycles. The number of nitrogens with one attached hydrogen (secondary N) is 1. The zero-order valence-corrected chi connectivity index (χ0v) is 15.6. The zero-order valence-electron chi connectivity index (χ0n) is 13.4. The Balaban J connectivity index is 2.33. The summed E-state index contributed by atoms with van der Waals surface area (Å²) >= 11 is 2.24. The molecule has 0 heterocycles. The summed E-state index contributed by atoms with van der Waals surface area (Å²) in [6.07, 6.45) is 0. The Bertz CT molecular complexity index is 706. The van der Waals surface area contributed by atoms with Gasteiger partial charge in [-0.15, -0.1) is 0 Å². The number of hydrogen-bond acceptors (Lipinski definition) is 4. The first-order valence-electron chi connectivity index (χ1n) is 6.87. The minimum atomic E-state index is -0.246. The first kappa shape index (κ1) is 17.4. The van der Waals surface area contributed by atoms with E-state index in [2.05, 4.69) is 27.9 Å². The van der Waals surface area contributed by atoms with Crippen molar-refractivity contribution < 1.29 is 19.0 Å². The monoisotopic (exact) mass is 427 g/mol. The van der Waals surface area contributed by atoms with E-state index in [-0.39, 0.29) is 5.91 Å². The van der Waals surface area contributed by atoms with Crippen LogP contribution in [0, 0.1) is 10.5 Å². The molecule has 5 nitrogen and oxygen atoms in total. The molecule has 122 valence electrons. The number of aryl methyl sites for hydroxylation is 1. The van der Waals surface area contributed by atoms with E-state index in [4.69, 9.17) is 14.2 Å². The molecule has 2 aromatic rings. The Hall–Kier alpha value is -1.96. The lowest BCUT2D eigenvalue weighted by Gasteiger charge is -2.14. The van der Waals surface area contributed by atoms with Gasteiger partial charge in [0.2, 0.25) is 5.75 Å². The maximum absolute atomic E-state index is 12.5. The third kappa shape index (κ3) is 3.87. The number of rotatable bonds is 5. The van der Waals surface area contributed by atoms with E-state index in [9.17, 15) is 4.79 Å². The molecule has 0 radical (unpaired) electrons. The molecule has 0 aliphatic rings. The van der Waals surface area contributed by atoms with Gasteiger partial charge in [-0.2, -0.15) is 0 Å². The molecule has 2 aromatic carbocycles. The second-order valence-electron chi connectivity index (χ2n) is 4.83. The van der Waals surface area contributed by atoms with Crippen molar-refractivity contribution >= 4 is 34.2 Å². The summed E-state index contributed by atoms with van der Waals surface area (Å²) in [5.74, 6) is 1.09. The van der Waals surface area contributed by atoms with E-state index in [1.807, 2.05) is 25.1 Å².